The molecular weight excluding hydrogens is 320 g/mol. The van der Waals surface area contributed by atoms with E-state index < -0.39 is 0 Å². The lowest BCUT2D eigenvalue weighted by Crippen LogP contribution is -2.35. The van der Waals surface area contributed by atoms with Crippen molar-refractivity contribution in [2.24, 2.45) is 0 Å². The molecule has 2 aromatic heterocycles. The van der Waals surface area contributed by atoms with Gasteiger partial charge in [-0.25, -0.2) is 9.48 Å². The third kappa shape index (κ3) is 3.76. The van der Waals surface area contributed by atoms with Gasteiger partial charge in [-0.05, 0) is 40.7 Å². The van der Waals surface area contributed by atoms with E-state index in [1.807, 2.05) is 13.8 Å². The van der Waals surface area contributed by atoms with E-state index in [2.05, 4.69) is 22.0 Å². The molecule has 25 heavy (non-hydrogen) atoms. The highest BCUT2D eigenvalue weighted by atomic mass is 16.5. The third-order valence-electron chi connectivity index (χ3n) is 4.48. The maximum atomic E-state index is 12.4. The zero-order valence-corrected chi connectivity index (χ0v) is 15.4. The molecule has 0 amide bonds. The molecule has 3 heterocycles. The highest BCUT2D eigenvalue weighted by molar-refractivity contribution is 6.02. The van der Waals surface area contributed by atoms with Crippen molar-refractivity contribution in [2.45, 2.75) is 45.8 Å². The molecular formula is C18H26N4O3. The average molecular weight is 346 g/mol. The number of esters is 1. The minimum absolute atomic E-state index is 0.117. The molecule has 0 unspecified atom stereocenters. The number of aromatic nitrogens is 3. The molecule has 2 aromatic rings. The van der Waals surface area contributed by atoms with E-state index in [1.165, 1.54) is 0 Å². The second-order valence-electron chi connectivity index (χ2n) is 6.77. The number of likely N-dealkylation sites (tertiary alicyclic amines) is 1. The fourth-order valence-corrected chi connectivity index (χ4v) is 3.08. The van der Waals surface area contributed by atoms with Crippen LogP contribution in [0.5, 0.6) is 5.88 Å². The number of fused-ring (bicyclic) bond motifs is 1. The standard InChI is InChI=1S/C18H26N4O3/c1-5-24-18(23)14-10-16(25-13-6-8-21(4)9-7-13)20-17-15(14)11-19-22(17)12(2)3/h10-13H,5-9H2,1-4H3. The van der Waals surface area contributed by atoms with Crippen LogP contribution in [-0.2, 0) is 4.74 Å². The Hall–Kier alpha value is -2.15. The molecule has 0 aliphatic carbocycles. The normalized spacial score (nSPS) is 16.5. The molecule has 1 saturated heterocycles. The fraction of sp³-hybridized carbons (Fsp3) is 0.611. The molecule has 7 nitrogen and oxygen atoms in total. The zero-order chi connectivity index (χ0) is 18.0. The summed E-state index contributed by atoms with van der Waals surface area (Å²) in [5, 5.41) is 5.08. The molecule has 0 spiro atoms. The summed E-state index contributed by atoms with van der Waals surface area (Å²) in [4.78, 5) is 19.3. The topological polar surface area (TPSA) is 69.5 Å². The van der Waals surface area contributed by atoms with Crippen LogP contribution in [0.15, 0.2) is 12.3 Å². The first-order valence-electron chi connectivity index (χ1n) is 8.90. The van der Waals surface area contributed by atoms with Crippen molar-refractivity contribution in [1.82, 2.24) is 19.7 Å². The summed E-state index contributed by atoms with van der Waals surface area (Å²) >= 11 is 0. The van der Waals surface area contributed by atoms with Crippen LogP contribution in [0.1, 0.15) is 50.0 Å². The number of hydrogen-bond donors (Lipinski definition) is 0. The van der Waals surface area contributed by atoms with Crippen molar-refractivity contribution in [1.29, 1.82) is 0 Å². The van der Waals surface area contributed by atoms with E-state index in [0.29, 0.717) is 29.1 Å². The molecule has 7 heteroatoms. The van der Waals surface area contributed by atoms with Crippen LogP contribution in [0.25, 0.3) is 11.0 Å². The van der Waals surface area contributed by atoms with E-state index in [1.54, 1.807) is 23.9 Å². The number of pyridine rings is 1. The van der Waals surface area contributed by atoms with E-state index in [-0.39, 0.29) is 18.1 Å². The van der Waals surface area contributed by atoms with Crippen molar-refractivity contribution < 1.29 is 14.3 Å². The SMILES string of the molecule is CCOC(=O)c1cc(OC2CCN(C)CC2)nc2c1cnn2C(C)C. The van der Waals surface area contributed by atoms with Crippen LogP contribution >= 0.6 is 0 Å². The Morgan fingerprint density at radius 3 is 2.72 bits per heavy atom. The maximum Gasteiger partial charge on any atom is 0.339 e. The van der Waals surface area contributed by atoms with Crippen LogP contribution in [0.4, 0.5) is 0 Å². The lowest BCUT2D eigenvalue weighted by molar-refractivity contribution is 0.0527. The van der Waals surface area contributed by atoms with E-state index >= 15 is 0 Å². The summed E-state index contributed by atoms with van der Waals surface area (Å²) in [5.74, 6) is 0.0962. The summed E-state index contributed by atoms with van der Waals surface area (Å²) < 4.78 is 13.1. The van der Waals surface area contributed by atoms with E-state index in [9.17, 15) is 4.79 Å². The maximum absolute atomic E-state index is 12.4. The Morgan fingerprint density at radius 2 is 2.08 bits per heavy atom. The van der Waals surface area contributed by atoms with Crippen molar-refractivity contribution in [3.63, 3.8) is 0 Å². The van der Waals surface area contributed by atoms with Gasteiger partial charge in [0.25, 0.3) is 0 Å². The molecule has 0 saturated carbocycles. The smallest absolute Gasteiger partial charge is 0.339 e. The van der Waals surface area contributed by atoms with E-state index in [0.717, 1.165) is 25.9 Å². The lowest BCUT2D eigenvalue weighted by Gasteiger charge is -2.29. The number of piperidine rings is 1. The summed E-state index contributed by atoms with van der Waals surface area (Å²) in [6.07, 6.45) is 3.70. The Morgan fingerprint density at radius 1 is 1.36 bits per heavy atom. The number of nitrogens with zero attached hydrogens (tertiary/aromatic N) is 4. The van der Waals surface area contributed by atoms with Gasteiger partial charge in [0.15, 0.2) is 5.65 Å². The molecule has 136 valence electrons. The number of carbonyl (C=O) groups excluding carboxylic acids is 1. The van der Waals surface area contributed by atoms with Gasteiger partial charge >= 0.3 is 5.97 Å². The lowest BCUT2D eigenvalue weighted by atomic mass is 10.1. The Kier molecular flexibility index (Phi) is 5.22. The second-order valence-corrected chi connectivity index (χ2v) is 6.77. The first-order valence-corrected chi connectivity index (χ1v) is 8.90. The Balaban J connectivity index is 1.97. The predicted octanol–water partition coefficient (Wildman–Crippen LogP) is 2.66. The third-order valence-corrected chi connectivity index (χ3v) is 4.48. The van der Waals surface area contributed by atoms with Gasteiger partial charge in [0.05, 0.1) is 23.8 Å². The largest absolute Gasteiger partial charge is 0.474 e. The first-order chi connectivity index (χ1) is 12.0. The van der Waals surface area contributed by atoms with Crippen LogP contribution < -0.4 is 4.74 Å². The van der Waals surface area contributed by atoms with Crippen molar-refractivity contribution in [3.8, 4) is 5.88 Å². The van der Waals surface area contributed by atoms with Gasteiger partial charge in [0.1, 0.15) is 6.10 Å². The molecule has 0 N–H and O–H groups in total. The number of rotatable bonds is 5. The molecule has 3 rings (SSSR count). The van der Waals surface area contributed by atoms with Gasteiger partial charge in [0.2, 0.25) is 5.88 Å². The average Bonchev–Trinajstić information content (AvgIpc) is 3.00. The van der Waals surface area contributed by atoms with Crippen molar-refractivity contribution in [2.75, 3.05) is 26.7 Å². The van der Waals surface area contributed by atoms with Gasteiger partial charge in [-0.1, -0.05) is 0 Å². The van der Waals surface area contributed by atoms with Crippen molar-refractivity contribution >= 4 is 17.0 Å². The molecule has 1 aliphatic rings. The molecule has 1 fully saturated rings. The molecule has 0 atom stereocenters. The number of hydrogen-bond acceptors (Lipinski definition) is 6. The summed E-state index contributed by atoms with van der Waals surface area (Å²) in [6.45, 7) is 8.18. The summed E-state index contributed by atoms with van der Waals surface area (Å²) in [6, 6.07) is 1.82. The second kappa shape index (κ2) is 7.39. The van der Waals surface area contributed by atoms with Crippen LogP contribution in [0, 0.1) is 0 Å². The highest BCUT2D eigenvalue weighted by Gasteiger charge is 2.22. The monoisotopic (exact) mass is 346 g/mol. The summed E-state index contributed by atoms with van der Waals surface area (Å²) in [5.41, 5.74) is 1.12. The molecule has 0 bridgehead atoms. The number of carbonyl (C=O) groups is 1. The zero-order valence-electron chi connectivity index (χ0n) is 15.4. The fourth-order valence-electron chi connectivity index (χ4n) is 3.08. The predicted molar refractivity (Wildman–Crippen MR) is 95.0 cm³/mol. The number of ether oxygens (including phenoxy) is 2. The van der Waals surface area contributed by atoms with Gasteiger partial charge < -0.3 is 14.4 Å². The van der Waals surface area contributed by atoms with Crippen LogP contribution in [0.2, 0.25) is 0 Å². The Bertz CT molecular complexity index is 748. The van der Waals surface area contributed by atoms with E-state index in [4.69, 9.17) is 9.47 Å². The van der Waals surface area contributed by atoms with Gasteiger partial charge in [-0.2, -0.15) is 10.1 Å². The van der Waals surface area contributed by atoms with Gasteiger partial charge in [-0.3, -0.25) is 0 Å². The van der Waals surface area contributed by atoms with Gasteiger partial charge in [0, 0.05) is 25.2 Å². The highest BCUT2D eigenvalue weighted by Crippen LogP contribution is 2.26. The van der Waals surface area contributed by atoms with Crippen LogP contribution in [0.3, 0.4) is 0 Å². The first kappa shape index (κ1) is 17.7. The quantitative estimate of drug-likeness (QED) is 0.775. The summed E-state index contributed by atoms with van der Waals surface area (Å²) in [7, 11) is 2.11. The van der Waals surface area contributed by atoms with Crippen LogP contribution in [-0.4, -0.2) is 58.5 Å². The van der Waals surface area contributed by atoms with Crippen molar-refractivity contribution in [3.05, 3.63) is 17.8 Å². The van der Waals surface area contributed by atoms with Gasteiger partial charge in [-0.15, -0.1) is 0 Å². The molecule has 0 radical (unpaired) electrons. The minimum atomic E-state index is -0.369. The molecule has 0 aromatic carbocycles. The Labute approximate surface area is 147 Å². The molecule has 1 aliphatic heterocycles. The minimum Gasteiger partial charge on any atom is -0.474 e.